The third kappa shape index (κ3) is 5.14. The van der Waals surface area contributed by atoms with Gasteiger partial charge in [-0.05, 0) is 18.6 Å². The van der Waals surface area contributed by atoms with E-state index in [0.717, 1.165) is 6.26 Å². The molecule has 19 heavy (non-hydrogen) atoms. The summed E-state index contributed by atoms with van der Waals surface area (Å²) >= 11 is 0. The third-order valence-electron chi connectivity index (χ3n) is 2.37. The molecule has 1 aromatic rings. The van der Waals surface area contributed by atoms with Crippen molar-refractivity contribution in [3.63, 3.8) is 0 Å². The Kier molecular flexibility index (Phi) is 5.13. The highest BCUT2D eigenvalue weighted by atomic mass is 32.2. The Labute approximate surface area is 111 Å². The normalized spacial score (nSPS) is 11.2. The van der Waals surface area contributed by atoms with Crippen LogP contribution in [0.1, 0.15) is 16.8 Å². The quantitative estimate of drug-likeness (QED) is 0.423. The Bertz CT molecular complexity index is 557. The van der Waals surface area contributed by atoms with E-state index in [1.54, 1.807) is 12.1 Å². The minimum absolute atomic E-state index is 0.0410. The molecule has 106 valence electrons. The maximum absolute atomic E-state index is 10.9. The molecule has 0 saturated heterocycles. The number of benzene rings is 1. The van der Waals surface area contributed by atoms with Gasteiger partial charge < -0.3 is 16.2 Å². The molecule has 0 aliphatic rings. The monoisotopic (exact) mass is 287 g/mol. The number of carboxylic acid groups (broad SMARTS) is 1. The minimum atomic E-state index is -3.18. The molecule has 0 saturated carbocycles. The Balaban J connectivity index is 2.50. The molecule has 0 aliphatic carbocycles. The van der Waals surface area contributed by atoms with E-state index in [9.17, 15) is 13.2 Å². The molecule has 0 bridgehead atoms. The van der Waals surface area contributed by atoms with Gasteiger partial charge >= 0.3 is 5.97 Å². The predicted molar refractivity (Wildman–Crippen MR) is 73.8 cm³/mol. The summed E-state index contributed by atoms with van der Waals surface area (Å²) in [5.74, 6) is -1.08. The highest BCUT2D eigenvalue weighted by Crippen LogP contribution is 2.22. The van der Waals surface area contributed by atoms with Gasteiger partial charge in [0.25, 0.3) is 0 Å². The van der Waals surface area contributed by atoms with Crippen molar-refractivity contribution in [3.8, 4) is 0 Å². The fourth-order valence-corrected chi connectivity index (χ4v) is 1.99. The summed E-state index contributed by atoms with van der Waals surface area (Å²) in [5, 5.41) is 11.9. The number of nitrogen functional groups attached to an aromatic ring is 1. The molecule has 0 amide bonds. The van der Waals surface area contributed by atoms with E-state index in [1.165, 1.54) is 6.07 Å². The van der Waals surface area contributed by atoms with Crippen LogP contribution in [0.15, 0.2) is 18.2 Å². The van der Waals surface area contributed by atoms with Crippen LogP contribution in [0.5, 0.6) is 0 Å². The summed E-state index contributed by atoms with van der Waals surface area (Å²) in [7, 11) is -3.18. The summed E-state index contributed by atoms with van der Waals surface area (Å²) in [6.07, 6.45) is 1.65. The van der Waals surface area contributed by atoms with Gasteiger partial charge in [-0.1, -0.05) is 6.07 Å². The van der Waals surface area contributed by atoms with E-state index in [-0.39, 0.29) is 11.3 Å². The highest BCUT2D eigenvalue weighted by molar-refractivity contribution is 7.88. The number of carbonyl (C=O) groups is 1. The van der Waals surface area contributed by atoms with E-state index in [4.69, 9.17) is 10.8 Å². The molecule has 0 aliphatic heterocycles. The Hall–Kier alpha value is -1.80. The first-order chi connectivity index (χ1) is 8.81. The first-order valence-electron chi connectivity index (χ1n) is 5.61. The van der Waals surface area contributed by atoms with Gasteiger partial charge in [-0.2, -0.15) is 0 Å². The van der Waals surface area contributed by atoms with Gasteiger partial charge in [0, 0.05) is 13.1 Å². The lowest BCUT2D eigenvalue weighted by molar-refractivity contribution is 0.0698. The Morgan fingerprint density at radius 1 is 1.37 bits per heavy atom. The molecule has 0 aromatic heterocycles. The van der Waals surface area contributed by atoms with Crippen LogP contribution in [-0.4, -0.2) is 38.8 Å². The molecular formula is C11H17N3O4S. The molecule has 1 aromatic carbocycles. The maximum Gasteiger partial charge on any atom is 0.337 e. The van der Waals surface area contributed by atoms with Crippen molar-refractivity contribution in [3.05, 3.63) is 23.8 Å². The zero-order valence-corrected chi connectivity index (χ0v) is 11.3. The second-order valence-electron chi connectivity index (χ2n) is 4.02. The number of hydrogen-bond donors (Lipinski definition) is 4. The fraction of sp³-hybridized carbons (Fsp3) is 0.364. The second-order valence-corrected chi connectivity index (χ2v) is 5.85. The number of nitrogens with two attached hydrogens (primary N) is 1. The van der Waals surface area contributed by atoms with Crippen LogP contribution < -0.4 is 15.8 Å². The molecule has 0 fully saturated rings. The fourth-order valence-electron chi connectivity index (χ4n) is 1.47. The third-order valence-corrected chi connectivity index (χ3v) is 3.10. The summed E-state index contributed by atoms with van der Waals surface area (Å²) in [6, 6.07) is 4.69. The van der Waals surface area contributed by atoms with E-state index in [2.05, 4.69) is 10.0 Å². The average Bonchev–Trinajstić information content (AvgIpc) is 2.28. The number of anilines is 2. The highest BCUT2D eigenvalue weighted by Gasteiger charge is 2.10. The number of nitrogens with one attached hydrogen (secondary N) is 2. The molecule has 5 N–H and O–H groups in total. The van der Waals surface area contributed by atoms with Gasteiger partial charge in [0.05, 0.1) is 23.2 Å². The molecule has 7 nitrogen and oxygen atoms in total. The number of carboxylic acids is 1. The molecule has 0 radical (unpaired) electrons. The van der Waals surface area contributed by atoms with E-state index < -0.39 is 16.0 Å². The van der Waals surface area contributed by atoms with Crippen molar-refractivity contribution in [1.29, 1.82) is 0 Å². The van der Waals surface area contributed by atoms with Crippen LogP contribution in [0.25, 0.3) is 0 Å². The Morgan fingerprint density at radius 3 is 2.63 bits per heavy atom. The van der Waals surface area contributed by atoms with Crippen LogP contribution in [-0.2, 0) is 10.0 Å². The maximum atomic E-state index is 10.9. The largest absolute Gasteiger partial charge is 0.478 e. The smallest absolute Gasteiger partial charge is 0.337 e. The second kappa shape index (κ2) is 6.39. The van der Waals surface area contributed by atoms with Crippen LogP contribution >= 0.6 is 0 Å². The van der Waals surface area contributed by atoms with Gasteiger partial charge in [-0.3, -0.25) is 0 Å². The number of para-hydroxylation sites is 1. The van der Waals surface area contributed by atoms with Gasteiger partial charge in [0.1, 0.15) is 0 Å². The lowest BCUT2D eigenvalue weighted by Gasteiger charge is -2.11. The lowest BCUT2D eigenvalue weighted by Crippen LogP contribution is -2.24. The summed E-state index contributed by atoms with van der Waals surface area (Å²) in [6.45, 7) is 0.792. The molecule has 0 heterocycles. The molecule has 0 unspecified atom stereocenters. The van der Waals surface area contributed by atoms with Crippen molar-refractivity contribution < 1.29 is 18.3 Å². The van der Waals surface area contributed by atoms with Crippen molar-refractivity contribution in [1.82, 2.24) is 4.72 Å². The van der Waals surface area contributed by atoms with Crippen molar-refractivity contribution >= 4 is 27.4 Å². The number of hydrogen-bond acceptors (Lipinski definition) is 5. The molecule has 8 heteroatoms. The van der Waals surface area contributed by atoms with Crippen molar-refractivity contribution in [2.45, 2.75) is 6.42 Å². The number of sulfonamides is 1. The number of rotatable bonds is 7. The first-order valence-corrected chi connectivity index (χ1v) is 7.50. The summed E-state index contributed by atoms with van der Waals surface area (Å²) < 4.78 is 24.0. The van der Waals surface area contributed by atoms with E-state index in [0.29, 0.717) is 25.2 Å². The molecule has 0 atom stereocenters. The van der Waals surface area contributed by atoms with Crippen LogP contribution in [0.2, 0.25) is 0 Å². The van der Waals surface area contributed by atoms with E-state index in [1.807, 2.05) is 0 Å². The lowest BCUT2D eigenvalue weighted by atomic mass is 10.1. The van der Waals surface area contributed by atoms with Crippen LogP contribution in [0.4, 0.5) is 11.4 Å². The van der Waals surface area contributed by atoms with Crippen LogP contribution in [0, 0.1) is 0 Å². The number of aromatic carboxylic acids is 1. The van der Waals surface area contributed by atoms with Gasteiger partial charge in [-0.15, -0.1) is 0 Å². The molecule has 0 spiro atoms. The van der Waals surface area contributed by atoms with Crippen molar-refractivity contribution in [2.24, 2.45) is 0 Å². The van der Waals surface area contributed by atoms with Gasteiger partial charge in [0.2, 0.25) is 10.0 Å². The summed E-state index contributed by atoms with van der Waals surface area (Å²) in [4.78, 5) is 10.9. The minimum Gasteiger partial charge on any atom is -0.478 e. The SMILES string of the molecule is CS(=O)(=O)NCCCNc1cccc(C(=O)O)c1N. The van der Waals surface area contributed by atoms with Gasteiger partial charge in [0.15, 0.2) is 0 Å². The average molecular weight is 287 g/mol. The zero-order chi connectivity index (χ0) is 14.5. The van der Waals surface area contributed by atoms with E-state index >= 15 is 0 Å². The van der Waals surface area contributed by atoms with Gasteiger partial charge in [-0.25, -0.2) is 17.9 Å². The topological polar surface area (TPSA) is 122 Å². The standard InChI is InChI=1S/C11H17N3O4S/c1-19(17,18)14-7-3-6-13-9-5-2-4-8(10(9)12)11(15)16/h2,4-5,13-14H,3,6-7,12H2,1H3,(H,15,16). The molecule has 1 rings (SSSR count). The molecular weight excluding hydrogens is 270 g/mol. The van der Waals surface area contributed by atoms with Crippen molar-refractivity contribution in [2.75, 3.05) is 30.4 Å². The Morgan fingerprint density at radius 2 is 2.05 bits per heavy atom. The first kappa shape index (κ1) is 15.3. The van der Waals surface area contributed by atoms with Crippen LogP contribution in [0.3, 0.4) is 0 Å². The summed E-state index contributed by atoms with van der Waals surface area (Å²) in [5.41, 5.74) is 6.45. The zero-order valence-electron chi connectivity index (χ0n) is 10.5. The predicted octanol–water partition coefficient (Wildman–Crippen LogP) is 0.318.